The molecular formula is C11H9ClN4O4. The molecule has 0 spiro atoms. The average molecular weight is 297 g/mol. The lowest BCUT2D eigenvalue weighted by molar-refractivity contribution is 0.0600. The molecule has 0 aliphatic heterocycles. The monoisotopic (exact) mass is 296 g/mol. The minimum Gasteiger partial charge on any atom is -0.465 e. The van der Waals surface area contributed by atoms with E-state index in [2.05, 4.69) is 25.2 Å². The van der Waals surface area contributed by atoms with Crippen LogP contribution >= 0.6 is 11.6 Å². The normalized spacial score (nSPS) is 10.1. The number of hydrogen-bond acceptors (Lipinski definition) is 5. The lowest BCUT2D eigenvalue weighted by atomic mass is 10.2. The zero-order valence-electron chi connectivity index (χ0n) is 10.2. The summed E-state index contributed by atoms with van der Waals surface area (Å²) in [4.78, 5) is 36.2. The third kappa shape index (κ3) is 2.86. The minimum absolute atomic E-state index is 0.198. The zero-order valence-corrected chi connectivity index (χ0v) is 10.9. The van der Waals surface area contributed by atoms with E-state index in [0.29, 0.717) is 0 Å². The van der Waals surface area contributed by atoms with E-state index in [-0.39, 0.29) is 22.1 Å². The van der Waals surface area contributed by atoms with Crippen LogP contribution in [0.5, 0.6) is 0 Å². The van der Waals surface area contributed by atoms with Gasteiger partial charge >= 0.3 is 11.7 Å². The highest BCUT2D eigenvalue weighted by atomic mass is 35.5. The van der Waals surface area contributed by atoms with E-state index in [4.69, 9.17) is 11.6 Å². The van der Waals surface area contributed by atoms with Crippen LogP contribution in [0.4, 0.5) is 5.69 Å². The van der Waals surface area contributed by atoms with Crippen molar-refractivity contribution in [3.8, 4) is 0 Å². The second kappa shape index (κ2) is 5.57. The van der Waals surface area contributed by atoms with Crippen LogP contribution in [0.3, 0.4) is 0 Å². The van der Waals surface area contributed by atoms with Crippen molar-refractivity contribution >= 4 is 29.2 Å². The fourth-order valence-electron chi connectivity index (χ4n) is 1.43. The first-order chi connectivity index (χ1) is 9.51. The van der Waals surface area contributed by atoms with Gasteiger partial charge < -0.3 is 10.1 Å². The van der Waals surface area contributed by atoms with Crippen LogP contribution < -0.4 is 11.0 Å². The lowest BCUT2D eigenvalue weighted by Crippen LogP contribution is -2.15. The molecule has 1 aromatic carbocycles. The van der Waals surface area contributed by atoms with Crippen LogP contribution in [0, 0.1) is 0 Å². The molecule has 2 rings (SSSR count). The largest absolute Gasteiger partial charge is 0.465 e. The highest BCUT2D eigenvalue weighted by Crippen LogP contribution is 2.23. The molecule has 0 fully saturated rings. The first-order valence-corrected chi connectivity index (χ1v) is 5.73. The molecule has 0 atom stereocenters. The van der Waals surface area contributed by atoms with Crippen LogP contribution in [0.15, 0.2) is 23.0 Å². The van der Waals surface area contributed by atoms with Crippen molar-refractivity contribution in [3.63, 3.8) is 0 Å². The molecule has 0 aliphatic rings. The third-order valence-corrected chi connectivity index (χ3v) is 2.68. The number of esters is 1. The van der Waals surface area contributed by atoms with E-state index < -0.39 is 17.6 Å². The predicted octanol–water partition coefficient (Wildman–Crippen LogP) is 0.790. The van der Waals surface area contributed by atoms with Gasteiger partial charge in [-0.15, -0.1) is 5.10 Å². The van der Waals surface area contributed by atoms with E-state index in [1.165, 1.54) is 25.3 Å². The minimum atomic E-state index is -0.674. The van der Waals surface area contributed by atoms with Crippen LogP contribution in [0.25, 0.3) is 0 Å². The standard InChI is InChI=1S/C11H9ClN4O4/c1-20-10(18)5-2-3-6(12)7(4-5)13-9(17)8-14-11(19)16-15-8/h2-4H,1H3,(H,13,17)(H2,14,15,16,19). The quantitative estimate of drug-likeness (QED) is 0.724. The summed E-state index contributed by atoms with van der Waals surface area (Å²) in [6.45, 7) is 0. The van der Waals surface area contributed by atoms with Gasteiger partial charge in [0.05, 0.1) is 23.4 Å². The van der Waals surface area contributed by atoms with Gasteiger partial charge in [-0.05, 0) is 18.2 Å². The summed E-state index contributed by atoms with van der Waals surface area (Å²) < 4.78 is 4.56. The fraction of sp³-hybridized carbons (Fsp3) is 0.0909. The Morgan fingerprint density at radius 2 is 2.15 bits per heavy atom. The maximum Gasteiger partial charge on any atom is 0.341 e. The number of nitrogens with one attached hydrogen (secondary N) is 3. The van der Waals surface area contributed by atoms with Crippen molar-refractivity contribution in [3.05, 3.63) is 45.1 Å². The van der Waals surface area contributed by atoms with Crippen molar-refractivity contribution in [2.75, 3.05) is 12.4 Å². The van der Waals surface area contributed by atoms with E-state index in [0.717, 1.165) is 0 Å². The average Bonchev–Trinajstić information content (AvgIpc) is 2.87. The van der Waals surface area contributed by atoms with Crippen molar-refractivity contribution in [2.24, 2.45) is 0 Å². The number of anilines is 1. The van der Waals surface area contributed by atoms with Gasteiger partial charge in [0.1, 0.15) is 0 Å². The van der Waals surface area contributed by atoms with Crippen molar-refractivity contribution in [2.45, 2.75) is 0 Å². The van der Waals surface area contributed by atoms with Crippen molar-refractivity contribution in [1.82, 2.24) is 15.2 Å². The molecule has 2 aromatic rings. The van der Waals surface area contributed by atoms with Crippen LogP contribution in [-0.2, 0) is 4.74 Å². The molecule has 8 nitrogen and oxygen atoms in total. The highest BCUT2D eigenvalue weighted by Gasteiger charge is 2.14. The SMILES string of the molecule is COC(=O)c1ccc(Cl)c(NC(=O)c2n[nH]c(=O)[nH]2)c1. The molecule has 20 heavy (non-hydrogen) atoms. The first-order valence-electron chi connectivity index (χ1n) is 5.35. The Labute approximate surface area is 117 Å². The Hall–Kier alpha value is -2.61. The molecule has 3 N–H and O–H groups in total. The Balaban J connectivity index is 2.26. The van der Waals surface area contributed by atoms with Gasteiger partial charge in [0.15, 0.2) is 0 Å². The van der Waals surface area contributed by atoms with Gasteiger partial charge in [0.2, 0.25) is 5.82 Å². The molecule has 104 valence electrons. The Morgan fingerprint density at radius 1 is 1.40 bits per heavy atom. The molecule has 0 saturated carbocycles. The summed E-state index contributed by atoms with van der Waals surface area (Å²) in [5, 5.41) is 8.19. The van der Waals surface area contributed by atoms with Gasteiger partial charge in [0.25, 0.3) is 5.91 Å². The molecule has 1 aromatic heterocycles. The third-order valence-electron chi connectivity index (χ3n) is 2.35. The number of methoxy groups -OCH3 is 1. The second-order valence-electron chi connectivity index (χ2n) is 3.67. The molecule has 0 unspecified atom stereocenters. The zero-order chi connectivity index (χ0) is 14.7. The number of rotatable bonds is 3. The van der Waals surface area contributed by atoms with Gasteiger partial charge in [-0.2, -0.15) is 0 Å². The molecule has 0 saturated heterocycles. The second-order valence-corrected chi connectivity index (χ2v) is 4.07. The number of aromatic nitrogens is 3. The Morgan fingerprint density at radius 3 is 2.75 bits per heavy atom. The number of aromatic amines is 2. The molecule has 0 radical (unpaired) electrons. The predicted molar refractivity (Wildman–Crippen MR) is 70.0 cm³/mol. The maximum atomic E-state index is 11.8. The van der Waals surface area contributed by atoms with Gasteiger partial charge in [0, 0.05) is 0 Å². The van der Waals surface area contributed by atoms with E-state index >= 15 is 0 Å². The van der Waals surface area contributed by atoms with Crippen LogP contribution in [-0.4, -0.2) is 34.2 Å². The number of ether oxygens (including phenoxy) is 1. The van der Waals surface area contributed by atoms with Gasteiger partial charge in [-0.25, -0.2) is 14.7 Å². The summed E-state index contributed by atoms with van der Waals surface area (Å²) in [6, 6.07) is 4.26. The number of H-pyrrole nitrogens is 2. The topological polar surface area (TPSA) is 117 Å². The number of carbonyl (C=O) groups excluding carboxylic acids is 2. The summed E-state index contributed by atoms with van der Waals surface area (Å²) in [6.07, 6.45) is 0. The Kier molecular flexibility index (Phi) is 3.85. The van der Waals surface area contributed by atoms with Crippen LogP contribution in [0.1, 0.15) is 21.0 Å². The number of halogens is 1. The molecular weight excluding hydrogens is 288 g/mol. The number of nitrogens with zero attached hydrogens (tertiary/aromatic N) is 1. The molecule has 0 bridgehead atoms. The van der Waals surface area contributed by atoms with Gasteiger partial charge in [-0.1, -0.05) is 11.6 Å². The summed E-state index contributed by atoms with van der Waals surface area (Å²) in [5.41, 5.74) is -0.185. The van der Waals surface area contributed by atoms with E-state index in [9.17, 15) is 14.4 Å². The number of amides is 1. The summed E-state index contributed by atoms with van der Waals surface area (Å²) >= 11 is 5.91. The van der Waals surface area contributed by atoms with E-state index in [1.54, 1.807) is 0 Å². The molecule has 9 heteroatoms. The van der Waals surface area contributed by atoms with Gasteiger partial charge in [-0.3, -0.25) is 9.78 Å². The van der Waals surface area contributed by atoms with Crippen molar-refractivity contribution in [1.29, 1.82) is 0 Å². The first kappa shape index (κ1) is 13.8. The van der Waals surface area contributed by atoms with Crippen molar-refractivity contribution < 1.29 is 14.3 Å². The number of hydrogen-bond donors (Lipinski definition) is 3. The molecule has 0 aliphatic carbocycles. The highest BCUT2D eigenvalue weighted by molar-refractivity contribution is 6.34. The maximum absolute atomic E-state index is 11.8. The Bertz CT molecular complexity index is 721. The molecule has 1 amide bonds. The summed E-state index contributed by atoms with van der Waals surface area (Å²) in [7, 11) is 1.24. The number of benzene rings is 1. The summed E-state index contributed by atoms with van der Waals surface area (Å²) in [5.74, 6) is -1.44. The number of carbonyl (C=O) groups is 2. The lowest BCUT2D eigenvalue weighted by Gasteiger charge is -2.07. The smallest absolute Gasteiger partial charge is 0.341 e. The fourth-order valence-corrected chi connectivity index (χ4v) is 1.59. The van der Waals surface area contributed by atoms with E-state index in [1.807, 2.05) is 0 Å². The molecule has 1 heterocycles. The van der Waals surface area contributed by atoms with Crippen LogP contribution in [0.2, 0.25) is 5.02 Å².